The van der Waals surface area contributed by atoms with Gasteiger partial charge in [0.05, 0.1) is 0 Å². The van der Waals surface area contributed by atoms with Gasteiger partial charge in [0.1, 0.15) is 0 Å². The lowest BCUT2D eigenvalue weighted by Gasteiger charge is -2.08. The van der Waals surface area contributed by atoms with Gasteiger partial charge in [-0.25, -0.2) is 9.67 Å². The Hall–Kier alpha value is -1.91. The molecule has 1 N–H and O–H groups in total. The van der Waals surface area contributed by atoms with Crippen LogP contribution in [0.4, 0.5) is 0 Å². The second-order valence-corrected chi connectivity index (χ2v) is 6.21. The predicted molar refractivity (Wildman–Crippen MR) is 93.5 cm³/mol. The summed E-state index contributed by atoms with van der Waals surface area (Å²) in [6.45, 7) is 9.50. The molecule has 0 radical (unpaired) electrons. The topological polar surface area (TPSA) is 63.6 Å². The molecule has 0 fully saturated rings. The van der Waals surface area contributed by atoms with Crippen molar-refractivity contribution < 1.29 is 0 Å². The van der Waals surface area contributed by atoms with E-state index in [1.54, 1.807) is 6.07 Å². The summed E-state index contributed by atoms with van der Waals surface area (Å²) in [7, 11) is 0. The number of hydrogen-bond donors (Lipinski definition) is 1. The zero-order valence-corrected chi connectivity index (χ0v) is 14.7. The molecule has 1 atom stereocenters. The van der Waals surface area contributed by atoms with Crippen LogP contribution in [0.1, 0.15) is 58.5 Å². The second-order valence-electron chi connectivity index (χ2n) is 6.21. The molecule has 0 spiro atoms. The van der Waals surface area contributed by atoms with Gasteiger partial charge in [-0.1, -0.05) is 40.5 Å². The summed E-state index contributed by atoms with van der Waals surface area (Å²) < 4.78 is 2.01. The fourth-order valence-electron chi connectivity index (χ4n) is 2.60. The van der Waals surface area contributed by atoms with Gasteiger partial charge in [-0.3, -0.25) is 4.79 Å². The monoisotopic (exact) mass is 316 g/mol. The van der Waals surface area contributed by atoms with Crippen LogP contribution in [-0.4, -0.2) is 19.7 Å². The Morgan fingerprint density at radius 1 is 1.26 bits per heavy atom. The highest BCUT2D eigenvalue weighted by molar-refractivity contribution is 5.58. The molecule has 2 rings (SSSR count). The second kappa shape index (κ2) is 8.09. The Morgan fingerprint density at radius 3 is 2.70 bits per heavy atom. The Kier molecular flexibility index (Phi) is 6.13. The Balaban J connectivity index is 2.44. The molecular formula is C18H28N4O. The molecule has 0 aliphatic carbocycles. The summed E-state index contributed by atoms with van der Waals surface area (Å²) in [5.74, 6) is 2.36. The third-order valence-electron chi connectivity index (χ3n) is 4.26. The van der Waals surface area contributed by atoms with Crippen LogP contribution in [0.3, 0.4) is 0 Å². The first kappa shape index (κ1) is 17.4. The maximum Gasteiger partial charge on any atom is 0.248 e. The van der Waals surface area contributed by atoms with Gasteiger partial charge < -0.3 is 4.98 Å². The van der Waals surface area contributed by atoms with Crippen LogP contribution >= 0.6 is 0 Å². The minimum atomic E-state index is -0.0648. The van der Waals surface area contributed by atoms with Crippen molar-refractivity contribution in [2.75, 3.05) is 0 Å². The Morgan fingerprint density at radius 2 is 2.04 bits per heavy atom. The van der Waals surface area contributed by atoms with E-state index in [0.717, 1.165) is 61.6 Å². The van der Waals surface area contributed by atoms with Crippen LogP contribution in [0, 0.1) is 5.92 Å². The van der Waals surface area contributed by atoms with Gasteiger partial charge in [0.2, 0.25) is 5.56 Å². The number of unbranched alkanes of at least 4 members (excludes halogenated alkanes) is 1. The van der Waals surface area contributed by atoms with Crippen LogP contribution in [0.5, 0.6) is 0 Å². The molecule has 2 aromatic heterocycles. The van der Waals surface area contributed by atoms with Gasteiger partial charge in [0.25, 0.3) is 0 Å². The average molecular weight is 316 g/mol. The Bertz CT molecular complexity index is 687. The van der Waals surface area contributed by atoms with Crippen molar-refractivity contribution in [2.45, 2.75) is 66.3 Å². The van der Waals surface area contributed by atoms with E-state index < -0.39 is 0 Å². The molecule has 0 aliphatic heterocycles. The molecule has 126 valence electrons. The van der Waals surface area contributed by atoms with Crippen molar-refractivity contribution in [3.05, 3.63) is 34.0 Å². The molecule has 5 nitrogen and oxygen atoms in total. The van der Waals surface area contributed by atoms with Crippen LogP contribution in [0.15, 0.2) is 16.9 Å². The van der Waals surface area contributed by atoms with Gasteiger partial charge >= 0.3 is 0 Å². The SMILES string of the molecule is CCCCn1nc(CC(C)CC)nc1-c1ccc(=O)[nH]c1CC. The first-order chi connectivity index (χ1) is 11.1. The highest BCUT2D eigenvalue weighted by Gasteiger charge is 2.16. The van der Waals surface area contributed by atoms with Crippen LogP contribution in [-0.2, 0) is 19.4 Å². The molecule has 0 aliphatic rings. The van der Waals surface area contributed by atoms with Crippen molar-refractivity contribution >= 4 is 0 Å². The van der Waals surface area contributed by atoms with Crippen molar-refractivity contribution in [3.63, 3.8) is 0 Å². The van der Waals surface area contributed by atoms with E-state index in [2.05, 4.69) is 25.8 Å². The zero-order chi connectivity index (χ0) is 16.8. The zero-order valence-electron chi connectivity index (χ0n) is 14.7. The molecular weight excluding hydrogens is 288 g/mol. The van der Waals surface area contributed by atoms with Crippen molar-refractivity contribution in [1.29, 1.82) is 0 Å². The summed E-state index contributed by atoms with van der Waals surface area (Å²) >= 11 is 0. The lowest BCUT2D eigenvalue weighted by atomic mass is 10.1. The predicted octanol–water partition coefficient (Wildman–Crippen LogP) is 3.58. The fraction of sp³-hybridized carbons (Fsp3) is 0.611. The summed E-state index contributed by atoms with van der Waals surface area (Å²) in [6.07, 6.45) is 4.98. The fourth-order valence-corrected chi connectivity index (χ4v) is 2.60. The van der Waals surface area contributed by atoms with E-state index in [9.17, 15) is 4.79 Å². The number of nitrogens with zero attached hydrogens (tertiary/aromatic N) is 3. The van der Waals surface area contributed by atoms with Gasteiger partial charge in [0.15, 0.2) is 11.6 Å². The Labute approximate surface area is 138 Å². The lowest BCUT2D eigenvalue weighted by Crippen LogP contribution is -2.10. The molecule has 0 aromatic carbocycles. The minimum absolute atomic E-state index is 0.0648. The summed E-state index contributed by atoms with van der Waals surface area (Å²) in [6, 6.07) is 3.44. The van der Waals surface area contributed by atoms with Gasteiger partial charge in [-0.05, 0) is 24.8 Å². The summed E-state index contributed by atoms with van der Waals surface area (Å²) in [5, 5.41) is 4.72. The molecule has 0 amide bonds. The average Bonchev–Trinajstić information content (AvgIpc) is 2.94. The third kappa shape index (κ3) is 4.30. The maximum absolute atomic E-state index is 11.6. The van der Waals surface area contributed by atoms with Gasteiger partial charge in [-0.15, -0.1) is 0 Å². The van der Waals surface area contributed by atoms with Crippen LogP contribution < -0.4 is 5.56 Å². The van der Waals surface area contributed by atoms with Crippen molar-refractivity contribution in [3.8, 4) is 11.4 Å². The van der Waals surface area contributed by atoms with E-state index in [-0.39, 0.29) is 5.56 Å². The number of H-pyrrole nitrogens is 1. The quantitative estimate of drug-likeness (QED) is 0.809. The lowest BCUT2D eigenvalue weighted by molar-refractivity contribution is 0.526. The molecule has 0 bridgehead atoms. The molecule has 1 unspecified atom stereocenters. The van der Waals surface area contributed by atoms with E-state index in [1.807, 2.05) is 17.7 Å². The largest absolute Gasteiger partial charge is 0.325 e. The van der Waals surface area contributed by atoms with E-state index in [1.165, 1.54) is 0 Å². The number of nitrogens with one attached hydrogen (secondary N) is 1. The molecule has 0 saturated carbocycles. The molecule has 0 saturated heterocycles. The molecule has 2 heterocycles. The van der Waals surface area contributed by atoms with Gasteiger partial charge in [0, 0.05) is 30.3 Å². The summed E-state index contributed by atoms with van der Waals surface area (Å²) in [5.41, 5.74) is 1.86. The van der Waals surface area contributed by atoms with Crippen molar-refractivity contribution in [2.24, 2.45) is 5.92 Å². The summed E-state index contributed by atoms with van der Waals surface area (Å²) in [4.78, 5) is 19.3. The van der Waals surface area contributed by atoms with E-state index in [0.29, 0.717) is 5.92 Å². The van der Waals surface area contributed by atoms with Crippen LogP contribution in [0.2, 0.25) is 0 Å². The van der Waals surface area contributed by atoms with E-state index >= 15 is 0 Å². The number of rotatable bonds is 8. The number of aryl methyl sites for hydroxylation is 2. The van der Waals surface area contributed by atoms with Gasteiger partial charge in [-0.2, -0.15) is 5.10 Å². The normalized spacial score (nSPS) is 12.5. The number of pyridine rings is 1. The maximum atomic E-state index is 11.6. The van der Waals surface area contributed by atoms with Crippen LogP contribution in [0.25, 0.3) is 11.4 Å². The van der Waals surface area contributed by atoms with Crippen molar-refractivity contribution in [1.82, 2.24) is 19.7 Å². The standard InChI is InChI=1S/C18H28N4O/c1-5-8-11-22-18(20-16(21-22)12-13(4)6-2)14-9-10-17(23)19-15(14)7-3/h9-10,13H,5-8,11-12H2,1-4H3,(H,19,23). The minimum Gasteiger partial charge on any atom is -0.325 e. The highest BCUT2D eigenvalue weighted by Crippen LogP contribution is 2.22. The molecule has 2 aromatic rings. The molecule has 5 heteroatoms. The highest BCUT2D eigenvalue weighted by atomic mass is 16.1. The number of aromatic amines is 1. The first-order valence-electron chi connectivity index (χ1n) is 8.75. The number of hydrogen-bond acceptors (Lipinski definition) is 3. The number of aromatic nitrogens is 4. The molecule has 23 heavy (non-hydrogen) atoms. The first-order valence-corrected chi connectivity index (χ1v) is 8.75. The van der Waals surface area contributed by atoms with E-state index in [4.69, 9.17) is 10.1 Å². The third-order valence-corrected chi connectivity index (χ3v) is 4.26. The smallest absolute Gasteiger partial charge is 0.248 e.